The van der Waals surface area contributed by atoms with Crippen LogP contribution in [0.1, 0.15) is 0 Å². The zero-order valence-corrected chi connectivity index (χ0v) is 7.09. The molecular weight excluding hydrogens is 157 g/mol. The summed E-state index contributed by atoms with van der Waals surface area (Å²) >= 11 is -0.290. The predicted molar refractivity (Wildman–Crippen MR) is 40.3 cm³/mol. The Morgan fingerprint density at radius 2 is 1.75 bits per heavy atom. The molecule has 0 aliphatic carbocycles. The van der Waals surface area contributed by atoms with E-state index in [9.17, 15) is 0 Å². The average Bonchev–Trinajstić information content (AvgIpc) is 1.90. The second kappa shape index (κ2) is 2.82. The van der Waals surface area contributed by atoms with Crippen molar-refractivity contribution in [3.63, 3.8) is 0 Å². The van der Waals surface area contributed by atoms with Gasteiger partial charge in [0.25, 0.3) is 0 Å². The second-order valence-corrected chi connectivity index (χ2v) is 3.87. The van der Waals surface area contributed by atoms with Crippen LogP contribution in [0.3, 0.4) is 0 Å². The fraction of sp³-hybridized carbons (Fsp3) is 0. The van der Waals surface area contributed by atoms with E-state index in [0.29, 0.717) is 0 Å². The molecule has 0 N–H and O–H groups in total. The summed E-state index contributed by atoms with van der Waals surface area (Å²) in [6.45, 7) is 0. The van der Waals surface area contributed by atoms with Crippen molar-refractivity contribution in [1.29, 1.82) is 0 Å². The van der Waals surface area contributed by atoms with Crippen LogP contribution in [0.25, 0.3) is 0 Å². The molecule has 0 heterocycles. The number of benzene rings is 1. The Morgan fingerprint density at radius 1 is 1.12 bits per heavy atom. The summed E-state index contributed by atoms with van der Waals surface area (Å²) in [5.74, 6) is 0. The van der Waals surface area contributed by atoms with E-state index in [2.05, 4.69) is 29.6 Å². The molecule has 0 atom stereocenters. The minimum atomic E-state index is -0.290. The van der Waals surface area contributed by atoms with Gasteiger partial charge in [-0.2, -0.15) is 0 Å². The van der Waals surface area contributed by atoms with Gasteiger partial charge in [0.05, 0.1) is 0 Å². The van der Waals surface area contributed by atoms with Gasteiger partial charge in [0.1, 0.15) is 0 Å². The van der Waals surface area contributed by atoms with E-state index in [1.54, 1.807) is 0 Å². The summed E-state index contributed by atoms with van der Waals surface area (Å²) in [5.41, 5.74) is 0. The summed E-state index contributed by atoms with van der Waals surface area (Å²) < 4.78 is 1.45. The van der Waals surface area contributed by atoms with Gasteiger partial charge in [-0.1, -0.05) is 0 Å². The summed E-state index contributed by atoms with van der Waals surface area (Å²) in [6, 6.07) is 10.5. The van der Waals surface area contributed by atoms with Crippen molar-refractivity contribution >= 4 is 24.7 Å². The molecule has 0 spiro atoms. The number of hydrogen-bond donors (Lipinski definition) is 0. The van der Waals surface area contributed by atoms with Gasteiger partial charge in [-0.3, -0.25) is 0 Å². The Balaban J connectivity index is 2.99. The molecule has 40 valence electrons. The maximum absolute atomic E-state index is 3.91. The molecule has 0 nitrogen and oxygen atoms in total. The maximum atomic E-state index is 3.91. The van der Waals surface area contributed by atoms with Crippen LogP contribution in [0.15, 0.2) is 30.3 Å². The SMILES string of the molecule is [CH2]=[GeH][c]1ccccc1. The first-order valence-electron chi connectivity index (χ1n) is 2.61. The molecule has 0 aromatic heterocycles. The Kier molecular flexibility index (Phi) is 2.03. The van der Waals surface area contributed by atoms with Gasteiger partial charge in [-0.05, 0) is 0 Å². The average molecular weight is 165 g/mol. The van der Waals surface area contributed by atoms with Crippen LogP contribution in [0.2, 0.25) is 0 Å². The molecule has 1 aromatic rings. The zero-order valence-electron chi connectivity index (χ0n) is 4.67. The third kappa shape index (κ3) is 1.30. The molecule has 0 saturated heterocycles. The quantitative estimate of drug-likeness (QED) is 0.520. The van der Waals surface area contributed by atoms with Crippen molar-refractivity contribution in [2.45, 2.75) is 0 Å². The summed E-state index contributed by atoms with van der Waals surface area (Å²) in [4.78, 5) is 0. The van der Waals surface area contributed by atoms with Crippen LogP contribution in [0, 0.1) is 0 Å². The molecule has 0 aliphatic heterocycles. The number of hydrogen-bond acceptors (Lipinski definition) is 0. The standard InChI is InChI=1S/C7H8Ge/c1-8-7-5-3-2-4-6-7/h2-6,8H,1H2. The van der Waals surface area contributed by atoms with Gasteiger partial charge >= 0.3 is 55.1 Å². The van der Waals surface area contributed by atoms with Gasteiger partial charge in [0, 0.05) is 0 Å². The first-order valence-corrected chi connectivity index (χ1v) is 5.53. The molecule has 0 fully saturated rings. The molecule has 1 rings (SSSR count). The molecule has 0 saturated carbocycles. The van der Waals surface area contributed by atoms with Crippen molar-refractivity contribution < 1.29 is 0 Å². The first-order chi connectivity index (χ1) is 3.93. The number of rotatable bonds is 1. The fourth-order valence-electron chi connectivity index (χ4n) is 0.589. The van der Waals surface area contributed by atoms with Crippen LogP contribution in [-0.2, 0) is 0 Å². The van der Waals surface area contributed by atoms with Crippen LogP contribution in [-0.4, -0.2) is 20.3 Å². The summed E-state index contributed by atoms with van der Waals surface area (Å²) in [5, 5.41) is 3.91. The molecule has 1 aromatic carbocycles. The zero-order chi connectivity index (χ0) is 5.82. The van der Waals surface area contributed by atoms with Gasteiger partial charge in [-0.25, -0.2) is 0 Å². The Bertz CT molecular complexity index is 167. The van der Waals surface area contributed by atoms with E-state index in [1.807, 2.05) is 6.07 Å². The van der Waals surface area contributed by atoms with Gasteiger partial charge in [-0.15, -0.1) is 0 Å². The third-order valence-corrected chi connectivity index (χ3v) is 2.83. The molecular formula is C7H8Ge. The van der Waals surface area contributed by atoms with Crippen molar-refractivity contribution in [2.75, 3.05) is 0 Å². The molecule has 0 bridgehead atoms. The first kappa shape index (κ1) is 5.76. The predicted octanol–water partition coefficient (Wildman–Crippen LogP) is 0.180. The minimum absolute atomic E-state index is 0.290. The second-order valence-electron chi connectivity index (χ2n) is 1.61. The Morgan fingerprint density at radius 3 is 2.12 bits per heavy atom. The molecule has 1 heteroatoms. The van der Waals surface area contributed by atoms with Crippen LogP contribution < -0.4 is 4.40 Å². The van der Waals surface area contributed by atoms with Crippen molar-refractivity contribution in [1.82, 2.24) is 0 Å². The van der Waals surface area contributed by atoms with Crippen molar-refractivity contribution in [3.8, 4) is 0 Å². The summed E-state index contributed by atoms with van der Waals surface area (Å²) in [6.07, 6.45) is 0. The topological polar surface area (TPSA) is 0 Å². The van der Waals surface area contributed by atoms with E-state index in [0.717, 1.165) is 0 Å². The van der Waals surface area contributed by atoms with Crippen molar-refractivity contribution in [2.24, 2.45) is 0 Å². The van der Waals surface area contributed by atoms with Gasteiger partial charge in [0.2, 0.25) is 0 Å². The van der Waals surface area contributed by atoms with Crippen LogP contribution >= 0.6 is 0 Å². The molecule has 0 radical (unpaired) electrons. The monoisotopic (exact) mass is 166 g/mol. The molecule has 0 amide bonds. The molecule has 8 heavy (non-hydrogen) atoms. The fourth-order valence-corrected chi connectivity index (χ4v) is 1.63. The van der Waals surface area contributed by atoms with E-state index in [-0.39, 0.29) is 15.0 Å². The Hall–Kier alpha value is -0.367. The van der Waals surface area contributed by atoms with Crippen molar-refractivity contribution in [3.05, 3.63) is 30.3 Å². The van der Waals surface area contributed by atoms with Crippen LogP contribution in [0.4, 0.5) is 0 Å². The van der Waals surface area contributed by atoms with Gasteiger partial charge in [0.15, 0.2) is 0 Å². The normalized spacial score (nSPS) is 8.50. The van der Waals surface area contributed by atoms with E-state index in [4.69, 9.17) is 0 Å². The van der Waals surface area contributed by atoms with Gasteiger partial charge < -0.3 is 0 Å². The molecule has 0 aliphatic rings. The third-order valence-electron chi connectivity index (χ3n) is 1.04. The van der Waals surface area contributed by atoms with E-state index in [1.165, 1.54) is 4.40 Å². The summed E-state index contributed by atoms with van der Waals surface area (Å²) in [7, 11) is 0. The van der Waals surface area contributed by atoms with E-state index < -0.39 is 0 Å². The molecule has 0 unspecified atom stereocenters. The Labute approximate surface area is 55.6 Å². The van der Waals surface area contributed by atoms with Crippen LogP contribution in [0.5, 0.6) is 0 Å². The van der Waals surface area contributed by atoms with E-state index >= 15 is 0 Å².